The van der Waals surface area contributed by atoms with Crippen molar-refractivity contribution in [3.8, 4) is 11.5 Å². The van der Waals surface area contributed by atoms with Gasteiger partial charge in [0.15, 0.2) is 11.5 Å². The van der Waals surface area contributed by atoms with Gasteiger partial charge in [0.05, 0.1) is 14.2 Å². The van der Waals surface area contributed by atoms with Gasteiger partial charge in [0.1, 0.15) is 11.4 Å². The Bertz CT molecular complexity index is 1010. The van der Waals surface area contributed by atoms with Crippen LogP contribution >= 0.6 is 11.8 Å². The lowest BCUT2D eigenvalue weighted by atomic mass is 10.0. The molecule has 8 heteroatoms. The van der Waals surface area contributed by atoms with Crippen LogP contribution in [-0.2, 0) is 16.1 Å². The first kappa shape index (κ1) is 25.4. The molecule has 2 fully saturated rings. The van der Waals surface area contributed by atoms with E-state index in [-0.39, 0.29) is 23.2 Å². The smallest absolute Gasteiger partial charge is 0.243 e. The number of carbonyl (C=O) groups is 2. The highest BCUT2D eigenvalue weighted by Crippen LogP contribution is 2.44. The zero-order valence-electron chi connectivity index (χ0n) is 20.7. The van der Waals surface area contributed by atoms with Gasteiger partial charge in [0, 0.05) is 37.8 Å². The number of rotatable bonds is 8. The molecule has 0 spiro atoms. The molecule has 35 heavy (non-hydrogen) atoms. The molecule has 0 aromatic heterocycles. The first-order valence-electron chi connectivity index (χ1n) is 12.2. The number of thioether (sulfide) groups is 1. The Hall–Kier alpha value is -2.71. The van der Waals surface area contributed by atoms with Crippen molar-refractivity contribution < 1.29 is 19.1 Å². The maximum absolute atomic E-state index is 13.3. The van der Waals surface area contributed by atoms with Gasteiger partial charge in [-0.1, -0.05) is 43.3 Å². The van der Waals surface area contributed by atoms with Crippen molar-refractivity contribution >= 4 is 23.6 Å². The summed E-state index contributed by atoms with van der Waals surface area (Å²) < 4.78 is 10.8. The van der Waals surface area contributed by atoms with E-state index in [0.717, 1.165) is 38.0 Å². The highest BCUT2D eigenvalue weighted by atomic mass is 32.2. The average molecular weight is 498 g/mol. The molecule has 2 aliphatic heterocycles. The van der Waals surface area contributed by atoms with Gasteiger partial charge >= 0.3 is 0 Å². The Balaban J connectivity index is 1.39. The second kappa shape index (κ2) is 11.8. The lowest BCUT2D eigenvalue weighted by Gasteiger charge is -2.34. The minimum Gasteiger partial charge on any atom is -0.493 e. The molecule has 2 aliphatic rings. The number of methoxy groups -OCH3 is 2. The summed E-state index contributed by atoms with van der Waals surface area (Å²) in [7, 11) is 3.20. The summed E-state index contributed by atoms with van der Waals surface area (Å²) in [5.74, 6) is 1.75. The zero-order chi connectivity index (χ0) is 24.8. The van der Waals surface area contributed by atoms with Crippen LogP contribution < -0.4 is 14.8 Å². The molecule has 0 saturated carbocycles. The van der Waals surface area contributed by atoms with E-state index in [1.807, 2.05) is 31.2 Å². The van der Waals surface area contributed by atoms with E-state index in [4.69, 9.17) is 9.47 Å². The van der Waals surface area contributed by atoms with Crippen molar-refractivity contribution in [2.75, 3.05) is 33.1 Å². The maximum Gasteiger partial charge on any atom is 0.243 e. The fourth-order valence-corrected chi connectivity index (χ4v) is 6.27. The molecule has 2 aromatic carbocycles. The molecule has 0 bridgehead atoms. The number of ether oxygens (including phenoxy) is 2. The summed E-state index contributed by atoms with van der Waals surface area (Å²) in [4.78, 5) is 30.5. The van der Waals surface area contributed by atoms with E-state index < -0.39 is 6.04 Å². The van der Waals surface area contributed by atoms with Crippen LogP contribution in [0.25, 0.3) is 0 Å². The Kier molecular flexibility index (Phi) is 8.57. The van der Waals surface area contributed by atoms with E-state index in [9.17, 15) is 9.59 Å². The van der Waals surface area contributed by atoms with Crippen LogP contribution in [0.2, 0.25) is 0 Å². The third-order valence-corrected chi connectivity index (χ3v) is 8.09. The molecule has 2 amide bonds. The highest BCUT2D eigenvalue weighted by Gasteiger charge is 2.42. The molecule has 0 aliphatic carbocycles. The molecule has 7 nitrogen and oxygen atoms in total. The van der Waals surface area contributed by atoms with Crippen molar-refractivity contribution in [2.24, 2.45) is 0 Å². The van der Waals surface area contributed by atoms with Crippen LogP contribution in [0.5, 0.6) is 11.5 Å². The molecule has 2 saturated heterocycles. The molecule has 2 unspecified atom stereocenters. The number of hydrogen-bond acceptors (Lipinski definition) is 6. The molecule has 2 atom stereocenters. The van der Waals surface area contributed by atoms with E-state index in [1.54, 1.807) is 30.9 Å². The van der Waals surface area contributed by atoms with E-state index in [0.29, 0.717) is 23.7 Å². The number of benzene rings is 2. The normalized spacial score (nSPS) is 21.1. The summed E-state index contributed by atoms with van der Waals surface area (Å²) in [6.45, 7) is 4.68. The number of nitrogens with one attached hydrogen (secondary N) is 1. The lowest BCUT2D eigenvalue weighted by Crippen LogP contribution is -2.52. The third kappa shape index (κ3) is 5.93. The van der Waals surface area contributed by atoms with Gasteiger partial charge in [-0.25, -0.2) is 0 Å². The van der Waals surface area contributed by atoms with Gasteiger partial charge in [0.25, 0.3) is 0 Å². The number of piperidine rings is 1. The summed E-state index contributed by atoms with van der Waals surface area (Å²) in [6, 6.07) is 15.8. The van der Waals surface area contributed by atoms with Crippen LogP contribution in [0.15, 0.2) is 48.5 Å². The van der Waals surface area contributed by atoms with Crippen molar-refractivity contribution in [2.45, 2.75) is 50.2 Å². The Labute approximate surface area is 212 Å². The molecular weight excluding hydrogens is 462 g/mol. The van der Waals surface area contributed by atoms with Gasteiger partial charge in [0.2, 0.25) is 11.8 Å². The quantitative estimate of drug-likeness (QED) is 0.598. The number of amides is 2. The zero-order valence-corrected chi connectivity index (χ0v) is 21.6. The first-order chi connectivity index (χ1) is 17.0. The predicted molar refractivity (Wildman–Crippen MR) is 139 cm³/mol. The Morgan fingerprint density at radius 1 is 1.03 bits per heavy atom. The number of carbonyl (C=O) groups excluding carboxylic acids is 2. The van der Waals surface area contributed by atoms with E-state index in [1.165, 1.54) is 5.56 Å². The minimum atomic E-state index is -0.479. The fourth-order valence-electron chi connectivity index (χ4n) is 4.83. The SMILES string of the molecule is CCC(=O)N1C(C(=O)NC2CCN(Cc3ccccc3)CC2)CSC1c1ccc(OC)c(OC)c1. The third-order valence-electron chi connectivity index (χ3n) is 6.77. The molecule has 2 heterocycles. The van der Waals surface area contributed by atoms with Gasteiger partial charge in [-0.15, -0.1) is 11.8 Å². The van der Waals surface area contributed by atoms with E-state index >= 15 is 0 Å². The molecule has 1 N–H and O–H groups in total. The Morgan fingerprint density at radius 2 is 1.74 bits per heavy atom. The van der Waals surface area contributed by atoms with Gasteiger partial charge in [-0.2, -0.15) is 0 Å². The number of nitrogens with zero attached hydrogens (tertiary/aromatic N) is 2. The first-order valence-corrected chi connectivity index (χ1v) is 13.3. The van der Waals surface area contributed by atoms with Crippen LogP contribution in [0.4, 0.5) is 0 Å². The fraction of sp³-hybridized carbons (Fsp3) is 0.481. The van der Waals surface area contributed by atoms with Crippen molar-refractivity contribution in [3.63, 3.8) is 0 Å². The minimum absolute atomic E-state index is 0.0207. The second-order valence-corrected chi connectivity index (χ2v) is 10.1. The van der Waals surface area contributed by atoms with Gasteiger partial charge < -0.3 is 19.7 Å². The summed E-state index contributed by atoms with van der Waals surface area (Å²) in [5.41, 5.74) is 2.24. The Morgan fingerprint density at radius 3 is 2.40 bits per heavy atom. The maximum atomic E-state index is 13.3. The van der Waals surface area contributed by atoms with Crippen molar-refractivity contribution in [1.29, 1.82) is 0 Å². The average Bonchev–Trinajstić information content (AvgIpc) is 3.35. The predicted octanol–water partition coefficient (Wildman–Crippen LogP) is 3.84. The van der Waals surface area contributed by atoms with Crippen LogP contribution in [0.3, 0.4) is 0 Å². The van der Waals surface area contributed by atoms with E-state index in [2.05, 4.69) is 34.5 Å². The topological polar surface area (TPSA) is 71.1 Å². The molecular formula is C27H35N3O4S. The van der Waals surface area contributed by atoms with Crippen molar-refractivity contribution in [3.05, 3.63) is 59.7 Å². The van der Waals surface area contributed by atoms with Gasteiger partial charge in [-0.05, 0) is 36.1 Å². The molecule has 4 rings (SSSR count). The monoisotopic (exact) mass is 497 g/mol. The largest absolute Gasteiger partial charge is 0.493 e. The summed E-state index contributed by atoms with van der Waals surface area (Å²) >= 11 is 1.62. The standard InChI is InChI=1S/C27H35N3O4S/c1-4-25(31)30-22(18-35-27(30)20-10-11-23(33-2)24(16-20)34-3)26(32)28-21-12-14-29(15-13-21)17-19-8-6-5-7-9-19/h5-11,16,21-22,27H,4,12-15,17-18H2,1-3H3,(H,28,32). The number of hydrogen-bond donors (Lipinski definition) is 1. The lowest BCUT2D eigenvalue weighted by molar-refractivity contribution is -0.140. The van der Waals surface area contributed by atoms with Crippen LogP contribution in [0, 0.1) is 0 Å². The molecule has 0 radical (unpaired) electrons. The second-order valence-electron chi connectivity index (χ2n) is 9.02. The highest BCUT2D eigenvalue weighted by molar-refractivity contribution is 7.99. The molecule has 188 valence electrons. The van der Waals surface area contributed by atoms with Crippen LogP contribution in [-0.4, -0.2) is 66.8 Å². The summed E-state index contributed by atoms with van der Waals surface area (Å²) in [6.07, 6.45) is 2.19. The summed E-state index contributed by atoms with van der Waals surface area (Å²) in [5, 5.41) is 3.02. The van der Waals surface area contributed by atoms with Crippen molar-refractivity contribution in [1.82, 2.24) is 15.1 Å². The number of likely N-dealkylation sites (tertiary alicyclic amines) is 1. The van der Waals surface area contributed by atoms with Crippen LogP contribution in [0.1, 0.15) is 42.7 Å². The molecule has 2 aromatic rings. The van der Waals surface area contributed by atoms with Gasteiger partial charge in [-0.3, -0.25) is 14.5 Å².